The molecule has 1 aromatic heterocycles. The number of hydrogen-bond acceptors (Lipinski definition) is 4. The molecule has 0 saturated carbocycles. The van der Waals surface area contributed by atoms with Crippen LogP contribution in [0.1, 0.15) is 16.1 Å². The van der Waals surface area contributed by atoms with Crippen LogP contribution in [0.15, 0.2) is 47.5 Å². The van der Waals surface area contributed by atoms with Crippen molar-refractivity contribution >= 4 is 17.7 Å². The second-order valence-corrected chi connectivity index (χ2v) is 4.33. The van der Waals surface area contributed by atoms with E-state index < -0.39 is 5.97 Å². The van der Waals surface area contributed by atoms with Crippen LogP contribution in [0.2, 0.25) is 0 Å². The fraction of sp³-hybridized carbons (Fsp3) is 0.0833. The largest absolute Gasteiger partial charge is 0.476 e. The monoisotopic (exact) mass is 246 g/mol. The lowest BCUT2D eigenvalue weighted by Crippen LogP contribution is -2.01. The lowest BCUT2D eigenvalue weighted by atomic mass is 10.2. The zero-order valence-corrected chi connectivity index (χ0v) is 9.72. The summed E-state index contributed by atoms with van der Waals surface area (Å²) in [5, 5.41) is 16.9. The third kappa shape index (κ3) is 3.29. The summed E-state index contributed by atoms with van der Waals surface area (Å²) < 4.78 is 0. The molecule has 1 aromatic carbocycles. The zero-order chi connectivity index (χ0) is 12.1. The van der Waals surface area contributed by atoms with Crippen LogP contribution in [0, 0.1) is 0 Å². The van der Waals surface area contributed by atoms with Crippen LogP contribution >= 0.6 is 11.8 Å². The molecule has 0 amide bonds. The van der Waals surface area contributed by atoms with E-state index in [1.807, 2.05) is 30.3 Å². The first-order valence-corrected chi connectivity index (χ1v) is 5.98. The molecule has 0 unspecified atom stereocenters. The van der Waals surface area contributed by atoms with Gasteiger partial charge in [-0.2, -0.15) is 0 Å². The molecule has 2 rings (SSSR count). The highest BCUT2D eigenvalue weighted by molar-refractivity contribution is 7.98. The van der Waals surface area contributed by atoms with Crippen LogP contribution in [0.5, 0.6) is 0 Å². The van der Waals surface area contributed by atoms with Crippen molar-refractivity contribution in [1.29, 1.82) is 0 Å². The average molecular weight is 246 g/mol. The Morgan fingerprint density at radius 3 is 2.47 bits per heavy atom. The molecule has 2 aromatic rings. The molecule has 5 heteroatoms. The Morgan fingerprint density at radius 2 is 1.88 bits per heavy atom. The summed E-state index contributed by atoms with van der Waals surface area (Å²) in [6, 6.07) is 13.1. The molecular weight excluding hydrogens is 236 g/mol. The minimum Gasteiger partial charge on any atom is -0.476 e. The average Bonchev–Trinajstić information content (AvgIpc) is 2.38. The molecule has 86 valence electrons. The molecule has 0 aliphatic heterocycles. The molecule has 0 saturated heterocycles. The summed E-state index contributed by atoms with van der Waals surface area (Å²) in [6.07, 6.45) is 0. The maximum atomic E-state index is 10.6. The first-order valence-electron chi connectivity index (χ1n) is 4.99. The summed E-state index contributed by atoms with van der Waals surface area (Å²) in [5.41, 5.74) is 1.16. The van der Waals surface area contributed by atoms with Gasteiger partial charge < -0.3 is 5.11 Å². The maximum Gasteiger partial charge on any atom is 0.356 e. The number of benzene rings is 1. The van der Waals surface area contributed by atoms with Gasteiger partial charge in [-0.1, -0.05) is 42.1 Å². The third-order valence-electron chi connectivity index (χ3n) is 2.09. The second kappa shape index (κ2) is 5.45. The standard InChI is InChI=1S/C12H10N2O2S/c15-12(16)10-6-7-11(14-13-10)17-8-9-4-2-1-3-5-9/h1-7H,8H2,(H,15,16). The minimum absolute atomic E-state index is 0.0333. The van der Waals surface area contributed by atoms with E-state index in [1.54, 1.807) is 6.07 Å². The van der Waals surface area contributed by atoms with Gasteiger partial charge in [0, 0.05) is 5.75 Å². The van der Waals surface area contributed by atoms with E-state index in [-0.39, 0.29) is 5.69 Å². The number of aromatic carboxylic acids is 1. The number of aromatic nitrogens is 2. The fourth-order valence-electron chi connectivity index (χ4n) is 1.24. The van der Waals surface area contributed by atoms with Gasteiger partial charge >= 0.3 is 5.97 Å². The van der Waals surface area contributed by atoms with Crippen molar-refractivity contribution in [3.63, 3.8) is 0 Å². The van der Waals surface area contributed by atoms with E-state index in [0.717, 1.165) is 10.8 Å². The van der Waals surface area contributed by atoms with E-state index in [2.05, 4.69) is 10.2 Å². The van der Waals surface area contributed by atoms with Gasteiger partial charge in [-0.15, -0.1) is 10.2 Å². The molecule has 0 atom stereocenters. The van der Waals surface area contributed by atoms with Crippen LogP contribution in [0.3, 0.4) is 0 Å². The SMILES string of the molecule is O=C(O)c1ccc(SCc2ccccc2)nn1. The summed E-state index contributed by atoms with van der Waals surface area (Å²) in [7, 11) is 0. The van der Waals surface area contributed by atoms with Gasteiger partial charge in [0.1, 0.15) is 5.03 Å². The number of rotatable bonds is 4. The molecule has 0 aliphatic carbocycles. The van der Waals surface area contributed by atoms with Crippen molar-refractivity contribution in [2.75, 3.05) is 0 Å². The molecule has 4 nitrogen and oxygen atoms in total. The van der Waals surface area contributed by atoms with E-state index >= 15 is 0 Å². The summed E-state index contributed by atoms with van der Waals surface area (Å²) >= 11 is 1.53. The topological polar surface area (TPSA) is 63.1 Å². The van der Waals surface area contributed by atoms with Crippen molar-refractivity contribution in [2.45, 2.75) is 10.8 Å². The number of carboxylic acid groups (broad SMARTS) is 1. The Morgan fingerprint density at radius 1 is 1.12 bits per heavy atom. The van der Waals surface area contributed by atoms with E-state index in [0.29, 0.717) is 0 Å². The van der Waals surface area contributed by atoms with Crippen LogP contribution in [-0.2, 0) is 5.75 Å². The van der Waals surface area contributed by atoms with Gasteiger partial charge in [-0.3, -0.25) is 0 Å². The number of hydrogen-bond donors (Lipinski definition) is 1. The van der Waals surface area contributed by atoms with Crippen molar-refractivity contribution in [3.05, 3.63) is 53.7 Å². The number of nitrogens with zero attached hydrogens (tertiary/aromatic N) is 2. The van der Waals surface area contributed by atoms with Crippen molar-refractivity contribution in [3.8, 4) is 0 Å². The lowest BCUT2D eigenvalue weighted by molar-refractivity contribution is 0.0689. The normalized spacial score (nSPS) is 10.1. The third-order valence-corrected chi connectivity index (χ3v) is 3.08. The Bertz CT molecular complexity index is 500. The van der Waals surface area contributed by atoms with Gasteiger partial charge in [-0.05, 0) is 17.7 Å². The predicted octanol–water partition coefficient (Wildman–Crippen LogP) is 2.47. The molecule has 17 heavy (non-hydrogen) atoms. The molecule has 0 spiro atoms. The molecule has 1 heterocycles. The Labute approximate surface area is 103 Å². The van der Waals surface area contributed by atoms with E-state index in [1.165, 1.54) is 23.4 Å². The Balaban J connectivity index is 1.98. The zero-order valence-electron chi connectivity index (χ0n) is 8.91. The molecule has 1 N–H and O–H groups in total. The number of carboxylic acids is 1. The summed E-state index contributed by atoms with van der Waals surface area (Å²) in [6.45, 7) is 0. The molecule has 0 bridgehead atoms. The van der Waals surface area contributed by atoms with Crippen molar-refractivity contribution in [2.24, 2.45) is 0 Å². The second-order valence-electron chi connectivity index (χ2n) is 3.34. The van der Waals surface area contributed by atoms with E-state index in [4.69, 9.17) is 5.11 Å². The lowest BCUT2D eigenvalue weighted by Gasteiger charge is -2.00. The van der Waals surface area contributed by atoms with Gasteiger partial charge in [0.15, 0.2) is 5.69 Å². The fourth-order valence-corrected chi connectivity index (χ4v) is 2.01. The first-order chi connectivity index (χ1) is 8.25. The Kier molecular flexibility index (Phi) is 3.72. The maximum absolute atomic E-state index is 10.6. The van der Waals surface area contributed by atoms with Crippen LogP contribution < -0.4 is 0 Å². The molecule has 0 radical (unpaired) electrons. The highest BCUT2D eigenvalue weighted by atomic mass is 32.2. The van der Waals surface area contributed by atoms with Crippen molar-refractivity contribution < 1.29 is 9.90 Å². The van der Waals surface area contributed by atoms with Gasteiger partial charge in [0.25, 0.3) is 0 Å². The van der Waals surface area contributed by atoms with E-state index in [9.17, 15) is 4.79 Å². The van der Waals surface area contributed by atoms with Gasteiger partial charge in [-0.25, -0.2) is 4.79 Å². The molecular formula is C12H10N2O2S. The molecule has 0 fully saturated rings. The Hall–Kier alpha value is -1.88. The highest BCUT2D eigenvalue weighted by Crippen LogP contribution is 2.19. The van der Waals surface area contributed by atoms with Crippen LogP contribution in [-0.4, -0.2) is 21.3 Å². The first kappa shape index (κ1) is 11.6. The van der Waals surface area contributed by atoms with Gasteiger partial charge in [0.2, 0.25) is 0 Å². The van der Waals surface area contributed by atoms with Crippen molar-refractivity contribution in [1.82, 2.24) is 10.2 Å². The molecule has 0 aliphatic rings. The number of carbonyl (C=O) groups is 1. The highest BCUT2D eigenvalue weighted by Gasteiger charge is 2.05. The quantitative estimate of drug-likeness (QED) is 0.839. The summed E-state index contributed by atoms with van der Waals surface area (Å²) in [4.78, 5) is 10.6. The van der Waals surface area contributed by atoms with Gasteiger partial charge in [0.05, 0.1) is 0 Å². The smallest absolute Gasteiger partial charge is 0.356 e. The predicted molar refractivity (Wildman–Crippen MR) is 65.0 cm³/mol. The van der Waals surface area contributed by atoms with Crippen LogP contribution in [0.25, 0.3) is 0 Å². The van der Waals surface area contributed by atoms with Crippen LogP contribution in [0.4, 0.5) is 0 Å². The number of thioether (sulfide) groups is 1. The summed E-state index contributed by atoms with van der Waals surface area (Å²) in [5.74, 6) is -0.265. The minimum atomic E-state index is -1.06.